The van der Waals surface area contributed by atoms with Crippen LogP contribution in [0.3, 0.4) is 0 Å². The second-order valence-corrected chi connectivity index (χ2v) is 4.92. The maximum Gasteiger partial charge on any atom is 0.265 e. The molecule has 1 aromatic rings. The van der Waals surface area contributed by atoms with E-state index in [9.17, 15) is 4.79 Å². The van der Waals surface area contributed by atoms with E-state index in [1.165, 1.54) is 0 Å². The first-order valence-corrected chi connectivity index (χ1v) is 6.47. The summed E-state index contributed by atoms with van der Waals surface area (Å²) in [7, 11) is 3.66. The topological polar surface area (TPSA) is 80.5 Å². The van der Waals surface area contributed by atoms with E-state index in [4.69, 9.17) is 9.26 Å². The monoisotopic (exact) mass is 268 g/mol. The number of ether oxygens (including phenoxy) is 1. The summed E-state index contributed by atoms with van der Waals surface area (Å²) in [4.78, 5) is 17.9. The summed E-state index contributed by atoms with van der Waals surface area (Å²) in [6.45, 7) is 2.92. The third-order valence-electron chi connectivity index (χ3n) is 3.21. The van der Waals surface area contributed by atoms with Crippen molar-refractivity contribution < 1.29 is 14.1 Å². The Morgan fingerprint density at radius 1 is 1.53 bits per heavy atom. The van der Waals surface area contributed by atoms with Gasteiger partial charge in [0.05, 0.1) is 18.6 Å². The average molecular weight is 268 g/mol. The average Bonchev–Trinajstić information content (AvgIpc) is 2.85. The third kappa shape index (κ3) is 3.44. The van der Waals surface area contributed by atoms with E-state index >= 15 is 0 Å². The summed E-state index contributed by atoms with van der Waals surface area (Å²) in [5.74, 6) is 0.793. The fourth-order valence-corrected chi connectivity index (χ4v) is 2.06. The molecular weight excluding hydrogens is 248 g/mol. The van der Waals surface area contributed by atoms with Crippen LogP contribution in [0.25, 0.3) is 0 Å². The zero-order valence-corrected chi connectivity index (χ0v) is 11.5. The Balaban J connectivity index is 1.85. The molecule has 1 aliphatic heterocycles. The van der Waals surface area contributed by atoms with Crippen LogP contribution in [-0.4, -0.2) is 42.9 Å². The highest BCUT2D eigenvalue weighted by atomic mass is 16.5. The lowest BCUT2D eigenvalue weighted by Crippen LogP contribution is -2.39. The lowest BCUT2D eigenvalue weighted by atomic mass is 9.94. The predicted octanol–water partition coefficient (Wildman–Crippen LogP) is 0.567. The Bertz CT molecular complexity index is 432. The molecule has 1 saturated heterocycles. The van der Waals surface area contributed by atoms with Crippen LogP contribution in [0.2, 0.25) is 0 Å². The van der Waals surface area contributed by atoms with Crippen LogP contribution in [0.15, 0.2) is 4.52 Å². The number of aromatic nitrogens is 2. The number of nitrogens with one attached hydrogen (secondary N) is 1. The molecule has 0 bridgehead atoms. The van der Waals surface area contributed by atoms with Crippen molar-refractivity contribution in [2.75, 3.05) is 25.6 Å². The minimum absolute atomic E-state index is 0.0168. The number of hydrogen-bond donors (Lipinski definition) is 1. The standard InChI is InChI=1S/C12H20N4O3/c1-8-9(5-4-6-18-8)11(17)13-7-10-14-12(15-19-10)16(2)3/h8-9H,4-7H2,1-3H3,(H,13,17). The van der Waals surface area contributed by atoms with Crippen molar-refractivity contribution in [1.82, 2.24) is 15.5 Å². The van der Waals surface area contributed by atoms with Crippen LogP contribution < -0.4 is 10.2 Å². The highest BCUT2D eigenvalue weighted by molar-refractivity contribution is 5.79. The fraction of sp³-hybridized carbons (Fsp3) is 0.750. The molecule has 106 valence electrons. The number of hydrogen-bond acceptors (Lipinski definition) is 6. The van der Waals surface area contributed by atoms with E-state index in [0.717, 1.165) is 19.4 Å². The van der Waals surface area contributed by atoms with Gasteiger partial charge in [0.25, 0.3) is 5.95 Å². The predicted molar refractivity (Wildman–Crippen MR) is 68.6 cm³/mol. The summed E-state index contributed by atoms with van der Waals surface area (Å²) in [5.41, 5.74) is 0. The van der Waals surface area contributed by atoms with Crippen molar-refractivity contribution in [3.8, 4) is 0 Å². The first-order valence-electron chi connectivity index (χ1n) is 6.47. The quantitative estimate of drug-likeness (QED) is 0.859. The Morgan fingerprint density at radius 2 is 2.32 bits per heavy atom. The smallest absolute Gasteiger partial charge is 0.265 e. The van der Waals surface area contributed by atoms with Crippen molar-refractivity contribution in [2.24, 2.45) is 5.92 Å². The van der Waals surface area contributed by atoms with Gasteiger partial charge in [-0.2, -0.15) is 4.98 Å². The Morgan fingerprint density at radius 3 is 2.95 bits per heavy atom. The Labute approximate surface area is 112 Å². The molecule has 2 rings (SSSR count). The van der Waals surface area contributed by atoms with Crippen LogP contribution in [0, 0.1) is 5.92 Å². The van der Waals surface area contributed by atoms with Crippen LogP contribution in [0.4, 0.5) is 5.95 Å². The highest BCUT2D eigenvalue weighted by Gasteiger charge is 2.28. The zero-order valence-electron chi connectivity index (χ0n) is 11.5. The molecule has 1 aliphatic rings. The first-order chi connectivity index (χ1) is 9.08. The minimum atomic E-state index is -0.0926. The molecule has 2 unspecified atom stereocenters. The number of anilines is 1. The van der Waals surface area contributed by atoms with Crippen molar-refractivity contribution in [1.29, 1.82) is 0 Å². The highest BCUT2D eigenvalue weighted by Crippen LogP contribution is 2.20. The van der Waals surface area contributed by atoms with E-state index < -0.39 is 0 Å². The van der Waals surface area contributed by atoms with Crippen LogP contribution in [-0.2, 0) is 16.1 Å². The number of amides is 1. The van der Waals surface area contributed by atoms with Crippen molar-refractivity contribution in [2.45, 2.75) is 32.4 Å². The summed E-state index contributed by atoms with van der Waals surface area (Å²) in [5, 5.41) is 6.60. The molecule has 1 amide bonds. The fourth-order valence-electron chi connectivity index (χ4n) is 2.06. The third-order valence-corrected chi connectivity index (χ3v) is 3.21. The second-order valence-electron chi connectivity index (χ2n) is 4.92. The molecule has 7 heteroatoms. The van der Waals surface area contributed by atoms with Gasteiger partial charge in [-0.15, -0.1) is 0 Å². The van der Waals surface area contributed by atoms with Gasteiger partial charge in [0.15, 0.2) is 0 Å². The van der Waals surface area contributed by atoms with Crippen molar-refractivity contribution in [3.05, 3.63) is 5.89 Å². The maximum atomic E-state index is 12.0. The molecule has 7 nitrogen and oxygen atoms in total. The molecule has 0 aliphatic carbocycles. The summed E-state index contributed by atoms with van der Waals surface area (Å²) < 4.78 is 10.5. The van der Waals surface area contributed by atoms with Gasteiger partial charge in [-0.1, -0.05) is 0 Å². The molecule has 2 atom stereocenters. The lowest BCUT2D eigenvalue weighted by molar-refractivity contribution is -0.133. The number of rotatable bonds is 4. The van der Waals surface area contributed by atoms with Gasteiger partial charge in [0, 0.05) is 20.7 Å². The van der Waals surface area contributed by atoms with E-state index in [0.29, 0.717) is 11.8 Å². The van der Waals surface area contributed by atoms with Gasteiger partial charge in [0.1, 0.15) is 0 Å². The van der Waals surface area contributed by atoms with Gasteiger partial charge in [-0.3, -0.25) is 4.79 Å². The van der Waals surface area contributed by atoms with E-state index in [1.54, 1.807) is 4.90 Å². The van der Waals surface area contributed by atoms with Crippen LogP contribution in [0.1, 0.15) is 25.7 Å². The largest absolute Gasteiger partial charge is 0.378 e. The lowest BCUT2D eigenvalue weighted by Gasteiger charge is -2.27. The van der Waals surface area contributed by atoms with Crippen molar-refractivity contribution in [3.63, 3.8) is 0 Å². The molecular formula is C12H20N4O3. The minimum Gasteiger partial charge on any atom is -0.378 e. The van der Waals surface area contributed by atoms with Gasteiger partial charge >= 0.3 is 0 Å². The SMILES string of the molecule is CC1OCCCC1C(=O)NCc1nc(N(C)C)no1. The molecule has 0 saturated carbocycles. The first kappa shape index (κ1) is 13.8. The van der Waals surface area contributed by atoms with Crippen molar-refractivity contribution >= 4 is 11.9 Å². The second kappa shape index (κ2) is 6.01. The molecule has 2 heterocycles. The van der Waals surface area contributed by atoms with Gasteiger partial charge in [0.2, 0.25) is 11.8 Å². The van der Waals surface area contributed by atoms with Crippen LogP contribution in [0.5, 0.6) is 0 Å². The van der Waals surface area contributed by atoms with Gasteiger partial charge < -0.3 is 19.5 Å². The maximum absolute atomic E-state index is 12.0. The van der Waals surface area contributed by atoms with Gasteiger partial charge in [-0.25, -0.2) is 0 Å². The Kier molecular flexibility index (Phi) is 4.36. The molecule has 19 heavy (non-hydrogen) atoms. The molecule has 1 fully saturated rings. The van der Waals surface area contributed by atoms with E-state index in [1.807, 2.05) is 21.0 Å². The summed E-state index contributed by atoms with van der Waals surface area (Å²) in [6, 6.07) is 0. The number of carbonyl (C=O) groups excluding carboxylic acids is 1. The normalized spacial score (nSPS) is 23.1. The van der Waals surface area contributed by atoms with Gasteiger partial charge in [-0.05, 0) is 24.9 Å². The zero-order chi connectivity index (χ0) is 13.8. The Hall–Kier alpha value is -1.63. The van der Waals surface area contributed by atoms with E-state index in [-0.39, 0.29) is 24.5 Å². The molecule has 1 aromatic heterocycles. The molecule has 0 radical (unpaired) electrons. The molecule has 1 N–H and O–H groups in total. The molecule has 0 spiro atoms. The summed E-state index contributed by atoms with van der Waals surface area (Å²) >= 11 is 0. The number of nitrogens with zero attached hydrogens (tertiary/aromatic N) is 3. The van der Waals surface area contributed by atoms with E-state index in [2.05, 4.69) is 15.5 Å². The summed E-state index contributed by atoms with van der Waals surface area (Å²) in [6.07, 6.45) is 1.75. The van der Waals surface area contributed by atoms with Crippen LogP contribution >= 0.6 is 0 Å². The molecule has 0 aromatic carbocycles. The number of carbonyl (C=O) groups is 1.